The molecule has 0 bridgehead atoms. The van der Waals surface area contributed by atoms with Gasteiger partial charge in [0.15, 0.2) is 0 Å². The van der Waals surface area contributed by atoms with Crippen LogP contribution in [-0.2, 0) is 0 Å². The highest BCUT2D eigenvalue weighted by Crippen LogP contribution is 2.54. The van der Waals surface area contributed by atoms with Gasteiger partial charge in [0.05, 0.1) is 23.4 Å². The highest BCUT2D eigenvalue weighted by atomic mass is 32.2. The second-order valence-electron chi connectivity index (χ2n) is 5.61. The molecule has 4 rings (SSSR count). The topological polar surface area (TPSA) is 25.6 Å². The molecule has 3 nitrogen and oxygen atoms in total. The van der Waals surface area contributed by atoms with Crippen LogP contribution in [0.5, 0.6) is 5.75 Å². The molecule has 0 saturated heterocycles. The highest BCUT2D eigenvalue weighted by molar-refractivity contribution is 7.99. The van der Waals surface area contributed by atoms with Gasteiger partial charge < -0.3 is 9.15 Å². The van der Waals surface area contributed by atoms with E-state index in [1.807, 2.05) is 25.1 Å². The Morgan fingerprint density at radius 3 is 2.61 bits per heavy atom. The standard InChI is InChI=1S/C19H17NO2S/c1-12-8-9-15-17(10-12)23-18-11-13(2)22-19(18)20(15)14-6-4-5-7-16(14)21-3/h4-11H,1-3H3. The maximum Gasteiger partial charge on any atom is 0.218 e. The van der Waals surface area contributed by atoms with Crippen molar-refractivity contribution in [1.29, 1.82) is 0 Å². The lowest BCUT2D eigenvalue weighted by Crippen LogP contribution is -2.14. The first-order valence-electron chi connectivity index (χ1n) is 7.49. The number of anilines is 3. The maximum atomic E-state index is 6.01. The minimum absolute atomic E-state index is 0.825. The second kappa shape index (κ2) is 5.39. The maximum absolute atomic E-state index is 6.01. The monoisotopic (exact) mass is 323 g/mol. The van der Waals surface area contributed by atoms with Crippen molar-refractivity contribution in [3.05, 3.63) is 59.9 Å². The number of benzene rings is 2. The summed E-state index contributed by atoms with van der Waals surface area (Å²) in [6, 6.07) is 16.6. The van der Waals surface area contributed by atoms with Crippen LogP contribution in [0.15, 0.2) is 62.7 Å². The third kappa shape index (κ3) is 2.30. The molecular weight excluding hydrogens is 306 g/mol. The molecule has 2 aromatic carbocycles. The second-order valence-corrected chi connectivity index (χ2v) is 6.69. The Morgan fingerprint density at radius 1 is 0.957 bits per heavy atom. The largest absolute Gasteiger partial charge is 0.495 e. The van der Waals surface area contributed by atoms with Crippen molar-refractivity contribution < 1.29 is 9.15 Å². The van der Waals surface area contributed by atoms with Gasteiger partial charge in [-0.2, -0.15) is 0 Å². The number of aryl methyl sites for hydroxylation is 2. The Kier molecular flexibility index (Phi) is 3.34. The summed E-state index contributed by atoms with van der Waals surface area (Å²) in [6.45, 7) is 4.10. The van der Waals surface area contributed by atoms with Crippen LogP contribution in [0.1, 0.15) is 11.3 Å². The van der Waals surface area contributed by atoms with Gasteiger partial charge in [-0.3, -0.25) is 4.90 Å². The van der Waals surface area contributed by atoms with Crippen molar-refractivity contribution >= 4 is 29.0 Å². The van der Waals surface area contributed by atoms with Gasteiger partial charge in [0.25, 0.3) is 0 Å². The molecule has 0 radical (unpaired) electrons. The van der Waals surface area contributed by atoms with Crippen LogP contribution < -0.4 is 9.64 Å². The van der Waals surface area contributed by atoms with Crippen LogP contribution in [0, 0.1) is 13.8 Å². The zero-order valence-electron chi connectivity index (χ0n) is 13.3. The number of fused-ring (bicyclic) bond motifs is 2. The summed E-state index contributed by atoms with van der Waals surface area (Å²) < 4.78 is 11.6. The van der Waals surface area contributed by atoms with Gasteiger partial charge in [-0.15, -0.1) is 0 Å². The van der Waals surface area contributed by atoms with Crippen molar-refractivity contribution in [2.24, 2.45) is 0 Å². The van der Waals surface area contributed by atoms with Gasteiger partial charge in [-0.1, -0.05) is 30.0 Å². The summed E-state index contributed by atoms with van der Waals surface area (Å²) in [4.78, 5) is 4.50. The number of hydrogen-bond donors (Lipinski definition) is 0. The van der Waals surface area contributed by atoms with E-state index in [0.717, 1.165) is 33.7 Å². The van der Waals surface area contributed by atoms with Crippen LogP contribution >= 0.6 is 11.8 Å². The minimum atomic E-state index is 0.825. The molecule has 0 aliphatic carbocycles. The third-order valence-corrected chi connectivity index (χ3v) is 4.97. The van der Waals surface area contributed by atoms with Gasteiger partial charge in [-0.25, -0.2) is 0 Å². The number of methoxy groups -OCH3 is 1. The summed E-state index contributed by atoms with van der Waals surface area (Å²) in [6.07, 6.45) is 0. The zero-order valence-corrected chi connectivity index (χ0v) is 14.1. The lowest BCUT2D eigenvalue weighted by Gasteiger charge is -2.30. The first kappa shape index (κ1) is 14.3. The molecule has 23 heavy (non-hydrogen) atoms. The van der Waals surface area contributed by atoms with Crippen LogP contribution in [0.25, 0.3) is 0 Å². The zero-order chi connectivity index (χ0) is 16.0. The molecule has 0 saturated carbocycles. The van der Waals surface area contributed by atoms with Crippen molar-refractivity contribution in [2.75, 3.05) is 12.0 Å². The first-order chi connectivity index (χ1) is 11.2. The quantitative estimate of drug-likeness (QED) is 0.463. The van der Waals surface area contributed by atoms with E-state index < -0.39 is 0 Å². The van der Waals surface area contributed by atoms with Crippen LogP contribution in [0.4, 0.5) is 17.3 Å². The van der Waals surface area contributed by atoms with Crippen LogP contribution in [0.3, 0.4) is 0 Å². The molecule has 1 aromatic heterocycles. The molecule has 0 spiro atoms. The van der Waals surface area contributed by atoms with Crippen molar-refractivity contribution in [1.82, 2.24) is 0 Å². The van der Waals surface area contributed by atoms with Gasteiger partial charge >= 0.3 is 0 Å². The SMILES string of the molecule is COc1ccccc1N1c2ccc(C)cc2Sc2cc(C)oc21. The van der Waals surface area contributed by atoms with E-state index in [1.54, 1.807) is 18.9 Å². The summed E-state index contributed by atoms with van der Waals surface area (Å²) >= 11 is 1.75. The van der Waals surface area contributed by atoms with E-state index in [-0.39, 0.29) is 0 Å². The molecule has 3 aromatic rings. The molecule has 0 unspecified atom stereocenters. The lowest BCUT2D eigenvalue weighted by atomic mass is 10.2. The van der Waals surface area contributed by atoms with E-state index in [2.05, 4.69) is 42.2 Å². The molecule has 1 aliphatic rings. The van der Waals surface area contributed by atoms with E-state index >= 15 is 0 Å². The van der Waals surface area contributed by atoms with Gasteiger partial charge in [0, 0.05) is 4.90 Å². The van der Waals surface area contributed by atoms with Gasteiger partial charge in [-0.05, 0) is 49.7 Å². The number of para-hydroxylation sites is 2. The molecule has 1 aliphatic heterocycles. The van der Waals surface area contributed by atoms with E-state index in [1.165, 1.54) is 10.5 Å². The van der Waals surface area contributed by atoms with Crippen LogP contribution in [0.2, 0.25) is 0 Å². The Hall–Kier alpha value is -2.33. The predicted octanol–water partition coefficient (Wildman–Crippen LogP) is 5.84. The molecule has 0 atom stereocenters. The minimum Gasteiger partial charge on any atom is -0.495 e. The number of ether oxygens (including phenoxy) is 1. The summed E-state index contributed by atoms with van der Waals surface area (Å²) in [7, 11) is 1.70. The fourth-order valence-corrected chi connectivity index (χ4v) is 4.07. The van der Waals surface area contributed by atoms with Crippen molar-refractivity contribution in [3.8, 4) is 5.75 Å². The lowest BCUT2D eigenvalue weighted by molar-refractivity contribution is 0.415. The van der Waals surface area contributed by atoms with Crippen molar-refractivity contribution in [2.45, 2.75) is 23.6 Å². The van der Waals surface area contributed by atoms with E-state index in [9.17, 15) is 0 Å². The number of nitrogens with zero attached hydrogens (tertiary/aromatic N) is 1. The van der Waals surface area contributed by atoms with Gasteiger partial charge in [0.1, 0.15) is 11.5 Å². The molecule has 116 valence electrons. The summed E-state index contributed by atoms with van der Waals surface area (Å²) in [5.41, 5.74) is 3.35. The summed E-state index contributed by atoms with van der Waals surface area (Å²) in [5.74, 6) is 2.59. The first-order valence-corrected chi connectivity index (χ1v) is 8.31. The van der Waals surface area contributed by atoms with Crippen molar-refractivity contribution in [3.63, 3.8) is 0 Å². The van der Waals surface area contributed by atoms with Crippen LogP contribution in [-0.4, -0.2) is 7.11 Å². The molecule has 4 heteroatoms. The highest BCUT2D eigenvalue weighted by Gasteiger charge is 2.30. The smallest absolute Gasteiger partial charge is 0.218 e. The average molecular weight is 323 g/mol. The number of furan rings is 1. The Morgan fingerprint density at radius 2 is 1.78 bits per heavy atom. The molecule has 0 N–H and O–H groups in total. The predicted molar refractivity (Wildman–Crippen MR) is 93.5 cm³/mol. The molecule has 2 heterocycles. The summed E-state index contributed by atoms with van der Waals surface area (Å²) in [5, 5.41) is 0. The Labute approximate surface area is 139 Å². The number of rotatable bonds is 2. The normalized spacial score (nSPS) is 12.7. The van der Waals surface area contributed by atoms with E-state index in [4.69, 9.17) is 9.15 Å². The average Bonchev–Trinajstić information content (AvgIpc) is 2.92. The van der Waals surface area contributed by atoms with Gasteiger partial charge in [0.2, 0.25) is 5.88 Å². The van der Waals surface area contributed by atoms with E-state index in [0.29, 0.717) is 0 Å². The number of hydrogen-bond acceptors (Lipinski definition) is 4. The third-order valence-electron chi connectivity index (χ3n) is 3.91. The Balaban J connectivity index is 1.98. The fraction of sp³-hybridized carbons (Fsp3) is 0.158. The molecule has 0 fully saturated rings. The molecular formula is C19H17NO2S. The molecule has 0 amide bonds. The fourth-order valence-electron chi connectivity index (χ4n) is 2.88. The Bertz CT molecular complexity index is 885.